The number of benzene rings is 1. The molecule has 0 saturated carbocycles. The predicted molar refractivity (Wildman–Crippen MR) is 43.7 cm³/mol. The van der Waals surface area contributed by atoms with E-state index in [9.17, 15) is 10.1 Å². The van der Waals surface area contributed by atoms with Crippen LogP contribution in [0, 0.1) is 16.2 Å². The van der Waals surface area contributed by atoms with Gasteiger partial charge in [0.05, 0.1) is 15.9 Å². The molecular weight excluding hydrogens is 162 g/mol. The minimum absolute atomic E-state index is 0.0556. The van der Waals surface area contributed by atoms with Crippen LogP contribution in [0.4, 0.5) is 5.69 Å². The van der Waals surface area contributed by atoms with E-state index in [4.69, 9.17) is 0 Å². The van der Waals surface area contributed by atoms with Gasteiger partial charge in [-0.2, -0.15) is 0 Å². The minimum atomic E-state index is -0.425. The zero-order chi connectivity index (χ0) is 8.27. The van der Waals surface area contributed by atoms with Crippen LogP contribution in [0.15, 0.2) is 23.1 Å². The highest BCUT2D eigenvalue weighted by Gasteiger charge is 2.10. The van der Waals surface area contributed by atoms with Crippen LogP contribution in [0.5, 0.6) is 0 Å². The van der Waals surface area contributed by atoms with Gasteiger partial charge in [-0.1, -0.05) is 6.07 Å². The molecule has 0 aromatic heterocycles. The Hall–Kier alpha value is -1.03. The number of nitro benzene ring substituents is 1. The molecule has 1 rings (SSSR count). The molecule has 1 aromatic rings. The van der Waals surface area contributed by atoms with Crippen LogP contribution in [0.2, 0.25) is 0 Å². The Balaban J connectivity index is 3.12. The summed E-state index contributed by atoms with van der Waals surface area (Å²) in [5.41, 5.74) is 0.0556. The van der Waals surface area contributed by atoms with Gasteiger partial charge < -0.3 is 0 Å². The van der Waals surface area contributed by atoms with Crippen LogP contribution < -0.4 is 0 Å². The fourth-order valence-corrected chi connectivity index (χ4v) is 1.26. The van der Waals surface area contributed by atoms with Crippen molar-refractivity contribution in [1.29, 1.82) is 0 Å². The second-order valence-corrected chi connectivity index (χ2v) is 2.69. The molecule has 1 radical (unpaired) electrons. The Morgan fingerprint density at radius 2 is 2.45 bits per heavy atom. The van der Waals surface area contributed by atoms with Crippen LogP contribution in [0.3, 0.4) is 0 Å². The molecule has 0 saturated heterocycles. The van der Waals surface area contributed by atoms with Crippen LogP contribution in [0.25, 0.3) is 0 Å². The van der Waals surface area contributed by atoms with E-state index in [0.29, 0.717) is 4.90 Å². The molecule has 0 amide bonds. The summed E-state index contributed by atoms with van der Waals surface area (Å²) in [5.74, 6) is 0. The molecule has 0 atom stereocenters. The maximum atomic E-state index is 10.3. The highest BCUT2D eigenvalue weighted by Crippen LogP contribution is 2.25. The second kappa shape index (κ2) is 3.39. The van der Waals surface area contributed by atoms with E-state index < -0.39 is 4.92 Å². The van der Waals surface area contributed by atoms with E-state index in [0.717, 1.165) is 0 Å². The summed E-state index contributed by atoms with van der Waals surface area (Å²) in [4.78, 5) is 10.6. The van der Waals surface area contributed by atoms with Gasteiger partial charge in [-0.05, 0) is 18.4 Å². The molecule has 0 aliphatic rings. The maximum absolute atomic E-state index is 10.3. The van der Waals surface area contributed by atoms with Crippen molar-refractivity contribution in [2.45, 2.75) is 4.90 Å². The lowest BCUT2D eigenvalue weighted by molar-refractivity contribution is -0.388. The van der Waals surface area contributed by atoms with Crippen LogP contribution in [-0.2, 0) is 0 Å². The normalized spacial score (nSPS) is 9.55. The van der Waals surface area contributed by atoms with E-state index in [1.54, 1.807) is 18.4 Å². The van der Waals surface area contributed by atoms with Gasteiger partial charge in [0.25, 0.3) is 5.69 Å². The van der Waals surface area contributed by atoms with Gasteiger partial charge in [0.2, 0.25) is 0 Å². The summed E-state index contributed by atoms with van der Waals surface area (Å²) in [7, 11) is 0. The number of hydrogen-bond acceptors (Lipinski definition) is 3. The molecule has 0 spiro atoms. The fraction of sp³-hybridized carbons (Fsp3) is 0.143. The van der Waals surface area contributed by atoms with E-state index in [-0.39, 0.29) is 5.69 Å². The van der Waals surface area contributed by atoms with Crippen LogP contribution in [0.1, 0.15) is 0 Å². The van der Waals surface area contributed by atoms with Gasteiger partial charge >= 0.3 is 0 Å². The molecule has 0 fully saturated rings. The standard InChI is InChI=1S/C7H6NO2S/c1-11-7-5-3-2-4-6(7)8(9)10/h2-3,5H,1H3. The third-order valence-corrected chi connectivity index (χ3v) is 1.97. The quantitative estimate of drug-likeness (QED) is 0.386. The van der Waals surface area contributed by atoms with Crippen LogP contribution >= 0.6 is 11.8 Å². The summed E-state index contributed by atoms with van der Waals surface area (Å²) in [6.07, 6.45) is 1.80. The maximum Gasteiger partial charge on any atom is 0.290 e. The van der Waals surface area contributed by atoms with Gasteiger partial charge in [0, 0.05) is 0 Å². The fourth-order valence-electron chi connectivity index (χ4n) is 0.720. The van der Waals surface area contributed by atoms with Crippen molar-refractivity contribution >= 4 is 17.4 Å². The number of thioether (sulfide) groups is 1. The first-order valence-electron chi connectivity index (χ1n) is 2.95. The third-order valence-electron chi connectivity index (χ3n) is 1.20. The average Bonchev–Trinajstić information content (AvgIpc) is 2.04. The van der Waals surface area contributed by atoms with Crippen LogP contribution in [-0.4, -0.2) is 11.2 Å². The molecule has 0 N–H and O–H groups in total. The lowest BCUT2D eigenvalue weighted by Crippen LogP contribution is -1.89. The van der Waals surface area contributed by atoms with E-state index in [2.05, 4.69) is 6.07 Å². The number of rotatable bonds is 2. The first-order valence-corrected chi connectivity index (χ1v) is 4.17. The summed E-state index contributed by atoms with van der Waals surface area (Å²) < 4.78 is 0. The zero-order valence-corrected chi connectivity index (χ0v) is 6.72. The van der Waals surface area contributed by atoms with Crippen molar-refractivity contribution in [1.82, 2.24) is 0 Å². The predicted octanol–water partition coefficient (Wildman–Crippen LogP) is 2.12. The molecule has 11 heavy (non-hydrogen) atoms. The zero-order valence-electron chi connectivity index (χ0n) is 5.90. The Morgan fingerprint density at radius 3 is 2.91 bits per heavy atom. The van der Waals surface area contributed by atoms with Gasteiger partial charge in [-0.3, -0.25) is 10.1 Å². The smallest absolute Gasteiger partial charge is 0.258 e. The van der Waals surface area contributed by atoms with E-state index >= 15 is 0 Å². The van der Waals surface area contributed by atoms with Gasteiger partial charge in [0.15, 0.2) is 0 Å². The van der Waals surface area contributed by atoms with Gasteiger partial charge in [-0.15, -0.1) is 11.8 Å². The molecule has 1 aromatic carbocycles. The highest BCUT2D eigenvalue weighted by molar-refractivity contribution is 7.98. The number of nitro groups is 1. The van der Waals surface area contributed by atoms with E-state index in [1.165, 1.54) is 17.8 Å². The molecule has 4 heteroatoms. The Labute approximate surface area is 68.6 Å². The van der Waals surface area contributed by atoms with Crippen molar-refractivity contribution in [2.24, 2.45) is 0 Å². The number of hydrogen-bond donors (Lipinski definition) is 0. The molecule has 3 nitrogen and oxygen atoms in total. The summed E-state index contributed by atoms with van der Waals surface area (Å²) >= 11 is 1.35. The Bertz CT molecular complexity index is 275. The molecule has 0 unspecified atom stereocenters. The minimum Gasteiger partial charge on any atom is -0.258 e. The molecule has 0 aliphatic heterocycles. The monoisotopic (exact) mass is 168 g/mol. The SMILES string of the molecule is CSc1ccc[c]c1[N+](=O)[O-]. The van der Waals surface area contributed by atoms with E-state index in [1.807, 2.05) is 0 Å². The van der Waals surface area contributed by atoms with Crippen molar-refractivity contribution < 1.29 is 4.92 Å². The summed E-state index contributed by atoms with van der Waals surface area (Å²) in [6, 6.07) is 7.55. The topological polar surface area (TPSA) is 43.1 Å². The number of nitrogens with zero attached hydrogens (tertiary/aromatic N) is 1. The van der Waals surface area contributed by atoms with Crippen molar-refractivity contribution in [3.05, 3.63) is 34.4 Å². The summed E-state index contributed by atoms with van der Waals surface area (Å²) in [6.45, 7) is 0. The van der Waals surface area contributed by atoms with Crippen molar-refractivity contribution in [3.63, 3.8) is 0 Å². The molecule has 0 aliphatic carbocycles. The average molecular weight is 168 g/mol. The van der Waals surface area contributed by atoms with Gasteiger partial charge in [-0.25, -0.2) is 0 Å². The second-order valence-electron chi connectivity index (χ2n) is 1.84. The lowest BCUT2D eigenvalue weighted by Gasteiger charge is -1.95. The highest BCUT2D eigenvalue weighted by atomic mass is 32.2. The molecule has 0 heterocycles. The largest absolute Gasteiger partial charge is 0.290 e. The van der Waals surface area contributed by atoms with Gasteiger partial charge in [0.1, 0.15) is 0 Å². The third kappa shape index (κ3) is 1.71. The molecular formula is C7H6NO2S. The Kier molecular flexibility index (Phi) is 2.48. The van der Waals surface area contributed by atoms with Crippen molar-refractivity contribution in [2.75, 3.05) is 6.26 Å². The number of para-hydroxylation sites is 1. The van der Waals surface area contributed by atoms with Crippen molar-refractivity contribution in [3.8, 4) is 0 Å². The Morgan fingerprint density at radius 1 is 1.73 bits per heavy atom. The summed E-state index contributed by atoms with van der Waals surface area (Å²) in [5, 5.41) is 10.3. The first-order chi connectivity index (χ1) is 5.25. The molecule has 0 bridgehead atoms. The lowest BCUT2D eigenvalue weighted by atomic mass is 10.3. The molecule has 57 valence electrons. The first kappa shape index (κ1) is 8.07.